The number of piperazine rings is 1. The lowest BCUT2D eigenvalue weighted by molar-refractivity contribution is 0.0520. The Morgan fingerprint density at radius 2 is 2.05 bits per heavy atom. The molecule has 5 nitrogen and oxygen atoms in total. The van der Waals surface area contributed by atoms with Crippen LogP contribution in [0.15, 0.2) is 24.3 Å². The summed E-state index contributed by atoms with van der Waals surface area (Å²) in [6, 6.07) is 8.05. The van der Waals surface area contributed by atoms with Crippen molar-refractivity contribution in [2.75, 3.05) is 44.7 Å². The molecule has 5 heteroatoms. The van der Waals surface area contributed by atoms with Crippen molar-refractivity contribution in [1.82, 2.24) is 9.88 Å². The Labute approximate surface area is 124 Å². The summed E-state index contributed by atoms with van der Waals surface area (Å²) in [5.74, 6) is -0.293. The van der Waals surface area contributed by atoms with E-state index in [4.69, 9.17) is 4.74 Å². The molecule has 2 aromatic rings. The third-order valence-corrected chi connectivity index (χ3v) is 3.98. The summed E-state index contributed by atoms with van der Waals surface area (Å²) < 4.78 is 5.07. The molecule has 21 heavy (non-hydrogen) atoms. The molecule has 0 unspecified atom stereocenters. The van der Waals surface area contributed by atoms with Crippen molar-refractivity contribution >= 4 is 22.6 Å². The number of likely N-dealkylation sites (N-methyl/N-ethyl adjacent to an activating group) is 1. The zero-order valence-electron chi connectivity index (χ0n) is 12.6. The van der Waals surface area contributed by atoms with Gasteiger partial charge in [-0.15, -0.1) is 0 Å². The van der Waals surface area contributed by atoms with Gasteiger partial charge in [0, 0.05) is 42.8 Å². The third-order valence-electron chi connectivity index (χ3n) is 3.98. The number of nitrogens with zero attached hydrogens (tertiary/aromatic N) is 2. The molecule has 0 atom stereocenters. The number of fused-ring (bicyclic) bond motifs is 1. The van der Waals surface area contributed by atoms with Crippen molar-refractivity contribution in [3.8, 4) is 0 Å². The highest BCUT2D eigenvalue weighted by Crippen LogP contribution is 2.28. The number of ether oxygens (including phenoxy) is 1. The number of esters is 1. The van der Waals surface area contributed by atoms with Crippen LogP contribution in [0.1, 0.15) is 17.4 Å². The molecule has 112 valence electrons. The molecule has 1 aliphatic rings. The van der Waals surface area contributed by atoms with Gasteiger partial charge in [0.1, 0.15) is 5.69 Å². The van der Waals surface area contributed by atoms with Gasteiger partial charge in [0.25, 0.3) is 0 Å². The van der Waals surface area contributed by atoms with Crippen molar-refractivity contribution in [1.29, 1.82) is 0 Å². The molecule has 1 saturated heterocycles. The smallest absolute Gasteiger partial charge is 0.354 e. The van der Waals surface area contributed by atoms with Gasteiger partial charge >= 0.3 is 5.97 Å². The minimum Gasteiger partial charge on any atom is -0.461 e. The van der Waals surface area contributed by atoms with E-state index in [9.17, 15) is 4.79 Å². The summed E-state index contributed by atoms with van der Waals surface area (Å²) in [6.45, 7) is 6.35. The van der Waals surface area contributed by atoms with Gasteiger partial charge in [0.05, 0.1) is 6.61 Å². The summed E-state index contributed by atoms with van der Waals surface area (Å²) in [4.78, 5) is 19.7. The maximum Gasteiger partial charge on any atom is 0.354 e. The Bertz CT molecular complexity index is 642. The quantitative estimate of drug-likeness (QED) is 0.878. The summed E-state index contributed by atoms with van der Waals surface area (Å²) >= 11 is 0. The molecular weight excluding hydrogens is 266 g/mol. The Morgan fingerprint density at radius 3 is 2.76 bits per heavy atom. The fourth-order valence-corrected chi connectivity index (χ4v) is 2.78. The number of aromatic amines is 1. The van der Waals surface area contributed by atoms with Crippen LogP contribution in [0.25, 0.3) is 10.9 Å². The first-order valence-electron chi connectivity index (χ1n) is 7.41. The van der Waals surface area contributed by atoms with Gasteiger partial charge in [-0.3, -0.25) is 0 Å². The predicted molar refractivity (Wildman–Crippen MR) is 84.0 cm³/mol. The number of hydrogen-bond acceptors (Lipinski definition) is 4. The predicted octanol–water partition coefficient (Wildman–Crippen LogP) is 2.10. The fraction of sp³-hybridized carbons (Fsp3) is 0.438. The van der Waals surface area contributed by atoms with Gasteiger partial charge in [0.15, 0.2) is 0 Å². The van der Waals surface area contributed by atoms with Crippen molar-refractivity contribution in [3.05, 3.63) is 30.0 Å². The second kappa shape index (κ2) is 5.77. The highest BCUT2D eigenvalue weighted by Gasteiger charge is 2.18. The van der Waals surface area contributed by atoms with Crippen LogP contribution in [0.5, 0.6) is 0 Å². The summed E-state index contributed by atoms with van der Waals surface area (Å²) in [5.41, 5.74) is 2.69. The largest absolute Gasteiger partial charge is 0.461 e. The minimum atomic E-state index is -0.293. The van der Waals surface area contributed by atoms with Gasteiger partial charge in [-0.25, -0.2) is 4.79 Å². The van der Waals surface area contributed by atoms with E-state index in [0.717, 1.165) is 37.1 Å². The zero-order valence-corrected chi connectivity index (χ0v) is 12.6. The van der Waals surface area contributed by atoms with Crippen LogP contribution < -0.4 is 4.90 Å². The maximum atomic E-state index is 11.9. The van der Waals surface area contributed by atoms with E-state index in [1.54, 1.807) is 0 Å². The van der Waals surface area contributed by atoms with Crippen molar-refractivity contribution < 1.29 is 9.53 Å². The van der Waals surface area contributed by atoms with Crippen LogP contribution >= 0.6 is 0 Å². The Hall–Kier alpha value is -2.01. The standard InChI is InChI=1S/C16H21N3O2/c1-3-21-16(20)14-11-12-13(17-14)5-4-6-15(12)19-9-7-18(2)8-10-19/h4-6,11,17H,3,7-10H2,1-2H3. The monoisotopic (exact) mass is 287 g/mol. The van der Waals surface area contributed by atoms with Gasteiger partial charge < -0.3 is 19.5 Å². The lowest BCUT2D eigenvalue weighted by Crippen LogP contribution is -2.44. The van der Waals surface area contributed by atoms with E-state index in [-0.39, 0.29) is 5.97 Å². The average Bonchev–Trinajstić information content (AvgIpc) is 2.92. The molecule has 1 fully saturated rings. The first kappa shape index (κ1) is 13.9. The number of anilines is 1. The van der Waals surface area contributed by atoms with Crippen molar-refractivity contribution in [3.63, 3.8) is 0 Å². The summed E-state index contributed by atoms with van der Waals surface area (Å²) in [6.07, 6.45) is 0. The van der Waals surface area contributed by atoms with E-state index in [1.165, 1.54) is 5.69 Å². The van der Waals surface area contributed by atoms with Crippen LogP contribution in [0.2, 0.25) is 0 Å². The number of carbonyl (C=O) groups is 1. The first-order chi connectivity index (χ1) is 10.2. The number of carbonyl (C=O) groups excluding carboxylic acids is 1. The number of hydrogen-bond donors (Lipinski definition) is 1. The summed E-state index contributed by atoms with van der Waals surface area (Å²) in [7, 11) is 2.15. The second-order valence-corrected chi connectivity index (χ2v) is 5.43. The molecule has 1 N–H and O–H groups in total. The topological polar surface area (TPSA) is 48.6 Å². The van der Waals surface area contributed by atoms with Crippen LogP contribution in [-0.4, -0.2) is 55.7 Å². The number of aromatic nitrogens is 1. The minimum absolute atomic E-state index is 0.293. The highest BCUT2D eigenvalue weighted by atomic mass is 16.5. The fourth-order valence-electron chi connectivity index (χ4n) is 2.78. The molecule has 0 spiro atoms. The van der Waals surface area contributed by atoms with Gasteiger partial charge in [0.2, 0.25) is 0 Å². The molecule has 0 saturated carbocycles. The molecule has 2 heterocycles. The molecule has 3 rings (SSSR count). The molecule has 1 aromatic heterocycles. The maximum absolute atomic E-state index is 11.9. The van der Waals surface area contributed by atoms with Crippen molar-refractivity contribution in [2.45, 2.75) is 6.92 Å². The van der Waals surface area contributed by atoms with Crippen LogP contribution in [0, 0.1) is 0 Å². The van der Waals surface area contributed by atoms with Gasteiger partial charge in [-0.05, 0) is 32.2 Å². The van der Waals surface area contributed by atoms with Gasteiger partial charge in [-0.1, -0.05) is 6.07 Å². The molecule has 0 radical (unpaired) electrons. The third kappa shape index (κ3) is 2.74. The Balaban J connectivity index is 1.94. The molecule has 0 aliphatic carbocycles. The number of rotatable bonds is 3. The first-order valence-corrected chi connectivity index (χ1v) is 7.41. The normalized spacial score (nSPS) is 16.4. The van der Waals surface area contributed by atoms with Gasteiger partial charge in [-0.2, -0.15) is 0 Å². The average molecular weight is 287 g/mol. The lowest BCUT2D eigenvalue weighted by atomic mass is 10.1. The Morgan fingerprint density at radius 1 is 1.29 bits per heavy atom. The van der Waals surface area contributed by atoms with E-state index in [1.807, 2.05) is 25.1 Å². The number of nitrogens with one attached hydrogen (secondary N) is 1. The molecule has 0 amide bonds. The molecule has 1 aliphatic heterocycles. The van der Waals surface area contributed by atoms with E-state index >= 15 is 0 Å². The molecule has 0 bridgehead atoms. The second-order valence-electron chi connectivity index (χ2n) is 5.43. The van der Waals surface area contributed by atoms with Crippen molar-refractivity contribution in [2.24, 2.45) is 0 Å². The van der Waals surface area contributed by atoms with Crippen LogP contribution in [0.3, 0.4) is 0 Å². The zero-order chi connectivity index (χ0) is 14.8. The van der Waals surface area contributed by atoms with Crippen LogP contribution in [-0.2, 0) is 4.74 Å². The van der Waals surface area contributed by atoms with E-state index in [0.29, 0.717) is 12.3 Å². The van der Waals surface area contributed by atoms with Crippen LogP contribution in [0.4, 0.5) is 5.69 Å². The Kier molecular flexibility index (Phi) is 3.84. The number of H-pyrrole nitrogens is 1. The highest BCUT2D eigenvalue weighted by molar-refractivity contribution is 6.00. The summed E-state index contributed by atoms with van der Waals surface area (Å²) in [5, 5.41) is 1.09. The number of benzene rings is 1. The lowest BCUT2D eigenvalue weighted by Gasteiger charge is -2.34. The van der Waals surface area contributed by atoms with E-state index in [2.05, 4.69) is 27.9 Å². The molecule has 1 aromatic carbocycles. The SMILES string of the molecule is CCOC(=O)c1cc2c(N3CCN(C)CC3)cccc2[nH]1. The van der Waals surface area contributed by atoms with E-state index < -0.39 is 0 Å². The molecular formula is C16H21N3O2.